The SMILES string of the molecule is COc1ccc(C(=O)Oc2ccc(/C=N\NC(=O)C(=O)Nc3ccccc3C)cc2)cc1OC. The summed E-state index contributed by atoms with van der Waals surface area (Å²) in [6.45, 7) is 1.82. The fraction of sp³-hybridized carbons (Fsp3) is 0.120. The van der Waals surface area contributed by atoms with E-state index in [0.717, 1.165) is 5.56 Å². The zero-order valence-corrected chi connectivity index (χ0v) is 18.8. The van der Waals surface area contributed by atoms with Crippen LogP contribution in [0.15, 0.2) is 71.8 Å². The van der Waals surface area contributed by atoms with Gasteiger partial charge in [-0.3, -0.25) is 9.59 Å². The van der Waals surface area contributed by atoms with Crippen LogP contribution < -0.4 is 25.0 Å². The molecule has 0 atom stereocenters. The lowest BCUT2D eigenvalue weighted by Gasteiger charge is -2.09. The lowest BCUT2D eigenvalue weighted by molar-refractivity contribution is -0.136. The Kier molecular flexibility index (Phi) is 7.96. The molecule has 0 aliphatic carbocycles. The lowest BCUT2D eigenvalue weighted by atomic mass is 10.2. The largest absolute Gasteiger partial charge is 0.493 e. The van der Waals surface area contributed by atoms with Crippen molar-refractivity contribution < 1.29 is 28.6 Å². The van der Waals surface area contributed by atoms with Crippen molar-refractivity contribution in [1.82, 2.24) is 5.43 Å². The summed E-state index contributed by atoms with van der Waals surface area (Å²) in [7, 11) is 2.98. The Balaban J connectivity index is 1.54. The van der Waals surface area contributed by atoms with Crippen molar-refractivity contribution in [1.29, 1.82) is 0 Å². The van der Waals surface area contributed by atoms with Crippen LogP contribution in [-0.2, 0) is 9.59 Å². The molecule has 0 aromatic heterocycles. The quantitative estimate of drug-likeness (QED) is 0.183. The molecule has 9 nitrogen and oxygen atoms in total. The highest BCUT2D eigenvalue weighted by Gasteiger charge is 2.14. The Bertz CT molecular complexity index is 1220. The first-order chi connectivity index (χ1) is 16.4. The van der Waals surface area contributed by atoms with E-state index in [-0.39, 0.29) is 0 Å². The Morgan fingerprint density at radius 1 is 0.853 bits per heavy atom. The molecule has 174 valence electrons. The molecule has 34 heavy (non-hydrogen) atoms. The van der Waals surface area contributed by atoms with Crippen molar-refractivity contribution in [3.63, 3.8) is 0 Å². The first-order valence-electron chi connectivity index (χ1n) is 10.2. The number of anilines is 1. The van der Waals surface area contributed by atoms with Crippen LogP contribution in [0.5, 0.6) is 17.2 Å². The van der Waals surface area contributed by atoms with Gasteiger partial charge in [-0.05, 0) is 66.6 Å². The minimum atomic E-state index is -0.903. The van der Waals surface area contributed by atoms with Gasteiger partial charge in [0.2, 0.25) is 0 Å². The molecule has 0 spiro atoms. The van der Waals surface area contributed by atoms with Crippen LogP contribution >= 0.6 is 0 Å². The summed E-state index contributed by atoms with van der Waals surface area (Å²) in [6.07, 6.45) is 1.36. The maximum Gasteiger partial charge on any atom is 0.343 e. The molecule has 0 saturated heterocycles. The number of methoxy groups -OCH3 is 2. The number of carbonyl (C=O) groups is 3. The van der Waals surface area contributed by atoms with Crippen LogP contribution in [0.1, 0.15) is 21.5 Å². The second kappa shape index (κ2) is 11.3. The van der Waals surface area contributed by atoms with E-state index in [4.69, 9.17) is 14.2 Å². The number of aryl methyl sites for hydroxylation is 1. The van der Waals surface area contributed by atoms with E-state index in [0.29, 0.717) is 34.1 Å². The van der Waals surface area contributed by atoms with Crippen LogP contribution in [0.25, 0.3) is 0 Å². The maximum absolute atomic E-state index is 12.4. The van der Waals surface area contributed by atoms with Gasteiger partial charge in [0, 0.05) is 5.69 Å². The summed E-state index contributed by atoms with van der Waals surface area (Å²) in [5, 5.41) is 6.30. The number of para-hydroxylation sites is 1. The number of hydrazone groups is 1. The number of hydrogen-bond donors (Lipinski definition) is 2. The number of ether oxygens (including phenoxy) is 3. The summed E-state index contributed by atoms with van der Waals surface area (Å²) >= 11 is 0. The molecule has 2 N–H and O–H groups in total. The summed E-state index contributed by atoms with van der Waals surface area (Å²) < 4.78 is 15.7. The molecule has 0 bridgehead atoms. The van der Waals surface area contributed by atoms with Gasteiger partial charge in [-0.25, -0.2) is 10.2 Å². The van der Waals surface area contributed by atoms with E-state index in [1.807, 2.05) is 19.1 Å². The number of esters is 1. The molecule has 0 radical (unpaired) electrons. The topological polar surface area (TPSA) is 115 Å². The first-order valence-corrected chi connectivity index (χ1v) is 10.2. The van der Waals surface area contributed by atoms with Crippen molar-refractivity contribution in [2.24, 2.45) is 5.10 Å². The Labute approximate surface area is 196 Å². The van der Waals surface area contributed by atoms with Crippen LogP contribution in [-0.4, -0.2) is 38.2 Å². The summed E-state index contributed by atoms with van der Waals surface area (Å²) in [6, 6.07) is 18.3. The highest BCUT2D eigenvalue weighted by Crippen LogP contribution is 2.28. The van der Waals surface area contributed by atoms with Crippen molar-refractivity contribution in [2.75, 3.05) is 19.5 Å². The van der Waals surface area contributed by atoms with Crippen LogP contribution in [0, 0.1) is 6.92 Å². The Morgan fingerprint density at radius 3 is 2.24 bits per heavy atom. The first kappa shape index (κ1) is 24.0. The van der Waals surface area contributed by atoms with Crippen LogP contribution in [0.2, 0.25) is 0 Å². The Hall–Kier alpha value is -4.66. The predicted octanol–water partition coefficient (Wildman–Crippen LogP) is 3.32. The number of carbonyl (C=O) groups excluding carboxylic acids is 3. The number of nitrogens with one attached hydrogen (secondary N) is 2. The molecule has 0 heterocycles. The Morgan fingerprint density at radius 2 is 1.56 bits per heavy atom. The molecule has 3 aromatic rings. The molecule has 0 fully saturated rings. The molecule has 9 heteroatoms. The van der Waals surface area contributed by atoms with Gasteiger partial charge < -0.3 is 19.5 Å². The van der Waals surface area contributed by atoms with E-state index in [2.05, 4.69) is 15.8 Å². The van der Waals surface area contributed by atoms with Crippen LogP contribution in [0.4, 0.5) is 5.69 Å². The fourth-order valence-corrected chi connectivity index (χ4v) is 2.86. The molecular weight excluding hydrogens is 438 g/mol. The third-order valence-corrected chi connectivity index (χ3v) is 4.69. The third-order valence-electron chi connectivity index (χ3n) is 4.69. The second-order valence-corrected chi connectivity index (χ2v) is 7.00. The van der Waals surface area contributed by atoms with Crippen molar-refractivity contribution >= 4 is 29.7 Å². The van der Waals surface area contributed by atoms with Gasteiger partial charge in [0.05, 0.1) is 26.0 Å². The van der Waals surface area contributed by atoms with Gasteiger partial charge in [-0.1, -0.05) is 18.2 Å². The van der Waals surface area contributed by atoms with Gasteiger partial charge in [-0.15, -0.1) is 0 Å². The van der Waals surface area contributed by atoms with Crippen molar-refractivity contribution in [3.05, 3.63) is 83.4 Å². The van der Waals surface area contributed by atoms with Gasteiger partial charge in [0.15, 0.2) is 11.5 Å². The van der Waals surface area contributed by atoms with Crippen molar-refractivity contribution in [2.45, 2.75) is 6.92 Å². The minimum absolute atomic E-state index is 0.301. The van der Waals surface area contributed by atoms with Gasteiger partial charge in [-0.2, -0.15) is 5.10 Å². The maximum atomic E-state index is 12.4. The fourth-order valence-electron chi connectivity index (χ4n) is 2.86. The van der Waals surface area contributed by atoms with E-state index >= 15 is 0 Å². The number of hydrogen-bond acceptors (Lipinski definition) is 7. The van der Waals surface area contributed by atoms with Gasteiger partial charge in [0.25, 0.3) is 0 Å². The van der Waals surface area contributed by atoms with E-state index in [1.165, 1.54) is 26.5 Å². The number of rotatable bonds is 7. The van der Waals surface area contributed by atoms with E-state index in [9.17, 15) is 14.4 Å². The van der Waals surface area contributed by atoms with Crippen LogP contribution in [0.3, 0.4) is 0 Å². The summed E-state index contributed by atoms with van der Waals surface area (Å²) in [5.74, 6) is -1.06. The number of nitrogens with zero attached hydrogens (tertiary/aromatic N) is 1. The lowest BCUT2D eigenvalue weighted by Crippen LogP contribution is -2.32. The third kappa shape index (κ3) is 6.19. The number of amides is 2. The zero-order chi connectivity index (χ0) is 24.5. The van der Waals surface area contributed by atoms with E-state index < -0.39 is 17.8 Å². The molecule has 0 saturated carbocycles. The number of benzene rings is 3. The summed E-state index contributed by atoms with van der Waals surface area (Å²) in [4.78, 5) is 36.3. The second-order valence-electron chi connectivity index (χ2n) is 7.00. The molecule has 0 unspecified atom stereocenters. The average Bonchev–Trinajstić information content (AvgIpc) is 2.85. The molecule has 0 aliphatic heterocycles. The average molecular weight is 461 g/mol. The molecular formula is C25H23N3O6. The zero-order valence-electron chi connectivity index (χ0n) is 18.8. The standard InChI is InChI=1S/C25H23N3O6/c1-16-6-4-5-7-20(16)27-23(29)24(30)28-26-15-17-8-11-19(12-9-17)34-25(31)18-10-13-21(32-2)22(14-18)33-3/h4-15H,1-3H3,(H,27,29)(H,28,30)/b26-15-. The monoisotopic (exact) mass is 461 g/mol. The van der Waals surface area contributed by atoms with Crippen molar-refractivity contribution in [3.8, 4) is 17.2 Å². The molecule has 3 aromatic carbocycles. The van der Waals surface area contributed by atoms with Gasteiger partial charge in [0.1, 0.15) is 5.75 Å². The minimum Gasteiger partial charge on any atom is -0.493 e. The highest BCUT2D eigenvalue weighted by atomic mass is 16.5. The molecule has 2 amide bonds. The summed E-state index contributed by atoms with van der Waals surface area (Å²) in [5.41, 5.74) is 4.47. The molecule has 0 aliphatic rings. The smallest absolute Gasteiger partial charge is 0.343 e. The van der Waals surface area contributed by atoms with E-state index in [1.54, 1.807) is 48.5 Å². The highest BCUT2D eigenvalue weighted by molar-refractivity contribution is 6.39. The normalized spacial score (nSPS) is 10.4. The van der Waals surface area contributed by atoms with Gasteiger partial charge >= 0.3 is 17.8 Å². The molecule has 3 rings (SSSR count). The predicted molar refractivity (Wildman–Crippen MR) is 126 cm³/mol.